The molecular weight excluding hydrogens is 372 g/mol. The summed E-state index contributed by atoms with van der Waals surface area (Å²) in [5.41, 5.74) is 1.13. The number of halogens is 1. The Bertz CT molecular complexity index is 967. The van der Waals surface area contributed by atoms with Crippen LogP contribution in [0.4, 0.5) is 5.69 Å². The standard InChI is InChI=1S/C19H17ClN2O3S/c1-3-21-18(23)11-4-6-12(7-5-11)22-19(24)17-16(20)14-9-8-13(25-2)10-15(14)26-17/h4-10H,3H2,1-2H3,(H,21,23)(H,22,24). The molecule has 2 aromatic carbocycles. The molecule has 1 heterocycles. The molecule has 2 N–H and O–H groups in total. The fourth-order valence-electron chi connectivity index (χ4n) is 2.47. The van der Waals surface area contributed by atoms with E-state index in [9.17, 15) is 9.59 Å². The van der Waals surface area contributed by atoms with Gasteiger partial charge in [0, 0.05) is 27.9 Å². The quantitative estimate of drug-likeness (QED) is 0.673. The second-order valence-corrected chi connectivity index (χ2v) is 6.93. The SMILES string of the molecule is CCNC(=O)c1ccc(NC(=O)c2sc3cc(OC)ccc3c2Cl)cc1. The molecule has 3 rings (SSSR count). The molecule has 7 heteroatoms. The number of amides is 2. The van der Waals surface area contributed by atoms with Crippen molar-refractivity contribution in [3.8, 4) is 5.75 Å². The Morgan fingerprint density at radius 2 is 1.85 bits per heavy atom. The average Bonchev–Trinajstić information content (AvgIpc) is 2.98. The second kappa shape index (κ2) is 7.76. The molecule has 134 valence electrons. The van der Waals surface area contributed by atoms with Gasteiger partial charge in [-0.1, -0.05) is 11.6 Å². The number of carbonyl (C=O) groups is 2. The minimum Gasteiger partial charge on any atom is -0.497 e. The fourth-order valence-corrected chi connectivity index (χ4v) is 3.91. The zero-order chi connectivity index (χ0) is 18.7. The van der Waals surface area contributed by atoms with Gasteiger partial charge in [-0.05, 0) is 49.4 Å². The van der Waals surface area contributed by atoms with Gasteiger partial charge in [-0.3, -0.25) is 9.59 Å². The minimum atomic E-state index is -0.291. The van der Waals surface area contributed by atoms with Crippen molar-refractivity contribution in [1.29, 1.82) is 0 Å². The van der Waals surface area contributed by atoms with Crippen LogP contribution in [0.25, 0.3) is 10.1 Å². The van der Waals surface area contributed by atoms with E-state index in [1.54, 1.807) is 31.4 Å². The number of rotatable bonds is 5. The van der Waals surface area contributed by atoms with Gasteiger partial charge in [0.15, 0.2) is 0 Å². The van der Waals surface area contributed by atoms with E-state index in [1.165, 1.54) is 11.3 Å². The van der Waals surface area contributed by atoms with Gasteiger partial charge in [0.2, 0.25) is 0 Å². The van der Waals surface area contributed by atoms with Gasteiger partial charge in [0.25, 0.3) is 11.8 Å². The van der Waals surface area contributed by atoms with Crippen molar-refractivity contribution in [2.75, 3.05) is 19.0 Å². The second-order valence-electron chi connectivity index (χ2n) is 5.50. The van der Waals surface area contributed by atoms with Gasteiger partial charge in [-0.15, -0.1) is 11.3 Å². The number of ether oxygens (including phenoxy) is 1. The first-order chi connectivity index (χ1) is 12.5. The number of fused-ring (bicyclic) bond motifs is 1. The molecule has 2 amide bonds. The smallest absolute Gasteiger partial charge is 0.267 e. The monoisotopic (exact) mass is 388 g/mol. The first-order valence-electron chi connectivity index (χ1n) is 7.99. The lowest BCUT2D eigenvalue weighted by Crippen LogP contribution is -2.22. The van der Waals surface area contributed by atoms with E-state index in [0.717, 1.165) is 10.1 Å². The third-order valence-electron chi connectivity index (χ3n) is 3.79. The minimum absolute atomic E-state index is 0.146. The van der Waals surface area contributed by atoms with Gasteiger partial charge in [-0.25, -0.2) is 0 Å². The summed E-state index contributed by atoms with van der Waals surface area (Å²) in [7, 11) is 1.59. The van der Waals surface area contributed by atoms with Crippen molar-refractivity contribution >= 4 is 50.5 Å². The molecule has 26 heavy (non-hydrogen) atoms. The van der Waals surface area contributed by atoms with Crippen LogP contribution in [0.1, 0.15) is 27.0 Å². The van der Waals surface area contributed by atoms with E-state index in [4.69, 9.17) is 16.3 Å². The van der Waals surface area contributed by atoms with Crippen molar-refractivity contribution in [2.24, 2.45) is 0 Å². The summed E-state index contributed by atoms with van der Waals surface area (Å²) >= 11 is 7.68. The summed E-state index contributed by atoms with van der Waals surface area (Å²) in [5, 5.41) is 6.77. The van der Waals surface area contributed by atoms with Crippen LogP contribution in [0, 0.1) is 0 Å². The molecular formula is C19H17ClN2O3S. The summed E-state index contributed by atoms with van der Waals surface area (Å²) in [4.78, 5) is 24.8. The lowest BCUT2D eigenvalue weighted by atomic mass is 10.2. The third kappa shape index (κ3) is 3.66. The maximum absolute atomic E-state index is 12.6. The van der Waals surface area contributed by atoms with Crippen LogP contribution >= 0.6 is 22.9 Å². The van der Waals surface area contributed by atoms with Crippen molar-refractivity contribution < 1.29 is 14.3 Å². The topological polar surface area (TPSA) is 67.4 Å². The molecule has 0 aliphatic carbocycles. The maximum atomic E-state index is 12.6. The number of nitrogens with one attached hydrogen (secondary N) is 2. The number of benzene rings is 2. The Morgan fingerprint density at radius 3 is 2.50 bits per heavy atom. The lowest BCUT2D eigenvalue weighted by Gasteiger charge is -2.06. The average molecular weight is 389 g/mol. The van der Waals surface area contributed by atoms with Crippen LogP contribution in [0.15, 0.2) is 42.5 Å². The maximum Gasteiger partial charge on any atom is 0.267 e. The Labute approximate surface area is 159 Å². The Hall–Kier alpha value is -2.57. The molecule has 5 nitrogen and oxygen atoms in total. The summed E-state index contributed by atoms with van der Waals surface area (Å²) < 4.78 is 6.09. The van der Waals surface area contributed by atoms with Gasteiger partial charge < -0.3 is 15.4 Å². The van der Waals surface area contributed by atoms with Gasteiger partial charge in [0.05, 0.1) is 12.1 Å². The molecule has 0 aliphatic heterocycles. The van der Waals surface area contributed by atoms with E-state index < -0.39 is 0 Å². The van der Waals surface area contributed by atoms with E-state index in [-0.39, 0.29) is 11.8 Å². The zero-order valence-electron chi connectivity index (χ0n) is 14.3. The number of anilines is 1. The molecule has 0 saturated heterocycles. The molecule has 0 bridgehead atoms. The largest absolute Gasteiger partial charge is 0.497 e. The number of methoxy groups -OCH3 is 1. The van der Waals surface area contributed by atoms with Gasteiger partial charge in [-0.2, -0.15) is 0 Å². The van der Waals surface area contributed by atoms with Crippen LogP contribution in [-0.4, -0.2) is 25.5 Å². The number of carbonyl (C=O) groups excluding carboxylic acids is 2. The van der Waals surface area contributed by atoms with E-state index >= 15 is 0 Å². The van der Waals surface area contributed by atoms with E-state index in [2.05, 4.69) is 10.6 Å². The van der Waals surface area contributed by atoms with E-state index in [1.807, 2.05) is 25.1 Å². The first-order valence-corrected chi connectivity index (χ1v) is 9.18. The van der Waals surface area contributed by atoms with Crippen LogP contribution in [-0.2, 0) is 0 Å². The lowest BCUT2D eigenvalue weighted by molar-refractivity contribution is 0.0955. The molecule has 0 spiro atoms. The fraction of sp³-hybridized carbons (Fsp3) is 0.158. The highest BCUT2D eigenvalue weighted by atomic mass is 35.5. The Morgan fingerprint density at radius 1 is 1.12 bits per heavy atom. The molecule has 0 atom stereocenters. The molecule has 3 aromatic rings. The molecule has 0 unspecified atom stereocenters. The number of thiophene rings is 1. The Balaban J connectivity index is 1.80. The summed E-state index contributed by atoms with van der Waals surface area (Å²) in [6.07, 6.45) is 0. The summed E-state index contributed by atoms with van der Waals surface area (Å²) in [5.74, 6) is 0.274. The zero-order valence-corrected chi connectivity index (χ0v) is 15.8. The molecule has 0 fully saturated rings. The highest BCUT2D eigenvalue weighted by molar-refractivity contribution is 7.21. The van der Waals surface area contributed by atoms with Gasteiger partial charge in [0.1, 0.15) is 10.6 Å². The van der Waals surface area contributed by atoms with Gasteiger partial charge >= 0.3 is 0 Å². The van der Waals surface area contributed by atoms with Crippen LogP contribution < -0.4 is 15.4 Å². The van der Waals surface area contributed by atoms with Crippen LogP contribution in [0.3, 0.4) is 0 Å². The highest BCUT2D eigenvalue weighted by Gasteiger charge is 2.18. The number of hydrogen-bond acceptors (Lipinski definition) is 4. The van der Waals surface area contributed by atoms with E-state index in [0.29, 0.717) is 33.4 Å². The van der Waals surface area contributed by atoms with Crippen molar-refractivity contribution in [3.63, 3.8) is 0 Å². The molecule has 0 aliphatic rings. The van der Waals surface area contributed by atoms with Crippen molar-refractivity contribution in [3.05, 3.63) is 57.9 Å². The normalized spacial score (nSPS) is 10.6. The predicted molar refractivity (Wildman–Crippen MR) is 106 cm³/mol. The molecule has 1 aromatic heterocycles. The van der Waals surface area contributed by atoms with Crippen LogP contribution in [0.5, 0.6) is 5.75 Å². The third-order valence-corrected chi connectivity index (χ3v) is 5.44. The Kier molecular flexibility index (Phi) is 5.44. The van der Waals surface area contributed by atoms with Crippen molar-refractivity contribution in [2.45, 2.75) is 6.92 Å². The molecule has 0 radical (unpaired) electrons. The summed E-state index contributed by atoms with van der Waals surface area (Å²) in [6.45, 7) is 2.42. The predicted octanol–water partition coefficient (Wildman–Crippen LogP) is 4.57. The number of hydrogen-bond donors (Lipinski definition) is 2. The van der Waals surface area contributed by atoms with Crippen LogP contribution in [0.2, 0.25) is 5.02 Å². The summed E-state index contributed by atoms with van der Waals surface area (Å²) in [6, 6.07) is 12.2. The first kappa shape index (κ1) is 18.2. The van der Waals surface area contributed by atoms with Crippen molar-refractivity contribution in [1.82, 2.24) is 5.32 Å². The molecule has 0 saturated carbocycles. The highest BCUT2D eigenvalue weighted by Crippen LogP contribution is 2.37.